The van der Waals surface area contributed by atoms with Crippen LogP contribution in [0.4, 0.5) is 5.13 Å². The summed E-state index contributed by atoms with van der Waals surface area (Å²) in [6.45, 7) is 3.29. The van der Waals surface area contributed by atoms with Crippen LogP contribution in [0.2, 0.25) is 0 Å². The van der Waals surface area contributed by atoms with Crippen LogP contribution in [0.1, 0.15) is 19.8 Å². The first-order valence-electron chi connectivity index (χ1n) is 5.69. The Bertz CT molecular complexity index is 405. The molecule has 92 valence electrons. The summed E-state index contributed by atoms with van der Waals surface area (Å²) in [6, 6.07) is 0. The standard InChI is InChI=1S/C11H15N3O2S/c1-2-4-14-7-8(6-9(14)15)10(16)13-11-12-3-5-17-11/h3,5,8H,2,4,6-7H2,1H3,(H,12,13,16)/t8-/m1/s1. The molecule has 2 rings (SSSR count). The highest BCUT2D eigenvalue weighted by molar-refractivity contribution is 7.13. The number of anilines is 1. The summed E-state index contributed by atoms with van der Waals surface area (Å²) in [5.74, 6) is -0.268. The lowest BCUT2D eigenvalue weighted by Gasteiger charge is -2.14. The summed E-state index contributed by atoms with van der Waals surface area (Å²) in [4.78, 5) is 29.2. The number of hydrogen-bond acceptors (Lipinski definition) is 4. The molecule has 0 unspecified atom stereocenters. The van der Waals surface area contributed by atoms with Gasteiger partial charge >= 0.3 is 0 Å². The Kier molecular flexibility index (Phi) is 3.73. The summed E-state index contributed by atoms with van der Waals surface area (Å²) >= 11 is 1.38. The van der Waals surface area contributed by atoms with Gasteiger partial charge in [0.15, 0.2) is 5.13 Å². The van der Waals surface area contributed by atoms with E-state index in [2.05, 4.69) is 10.3 Å². The van der Waals surface area contributed by atoms with Crippen LogP contribution >= 0.6 is 11.3 Å². The second kappa shape index (κ2) is 5.27. The summed E-state index contributed by atoms with van der Waals surface area (Å²) in [5, 5.41) is 5.13. The molecule has 2 heterocycles. The van der Waals surface area contributed by atoms with E-state index in [1.807, 2.05) is 6.92 Å². The minimum absolute atomic E-state index is 0.0751. The average Bonchev–Trinajstić information content (AvgIpc) is 2.90. The largest absolute Gasteiger partial charge is 0.342 e. The van der Waals surface area contributed by atoms with Crippen LogP contribution in [0.25, 0.3) is 0 Å². The molecule has 0 bridgehead atoms. The van der Waals surface area contributed by atoms with Gasteiger partial charge in [0.1, 0.15) is 0 Å². The van der Waals surface area contributed by atoms with Crippen molar-refractivity contribution in [2.75, 3.05) is 18.4 Å². The molecule has 1 aliphatic rings. The number of aromatic nitrogens is 1. The van der Waals surface area contributed by atoms with Crippen molar-refractivity contribution in [2.24, 2.45) is 5.92 Å². The van der Waals surface area contributed by atoms with E-state index >= 15 is 0 Å². The monoisotopic (exact) mass is 253 g/mol. The van der Waals surface area contributed by atoms with Gasteiger partial charge in [0.05, 0.1) is 5.92 Å². The predicted octanol–water partition coefficient (Wildman–Crippen LogP) is 1.34. The maximum Gasteiger partial charge on any atom is 0.231 e. The maximum absolute atomic E-state index is 11.9. The van der Waals surface area contributed by atoms with Gasteiger partial charge in [-0.05, 0) is 6.42 Å². The van der Waals surface area contributed by atoms with E-state index in [4.69, 9.17) is 0 Å². The first kappa shape index (κ1) is 12.0. The third kappa shape index (κ3) is 2.82. The molecular weight excluding hydrogens is 238 g/mol. The normalized spacial score (nSPS) is 19.7. The van der Waals surface area contributed by atoms with Crippen LogP contribution in [-0.4, -0.2) is 34.8 Å². The van der Waals surface area contributed by atoms with Crippen molar-refractivity contribution in [3.63, 3.8) is 0 Å². The Morgan fingerprint density at radius 1 is 1.71 bits per heavy atom. The van der Waals surface area contributed by atoms with Crippen LogP contribution in [0.5, 0.6) is 0 Å². The number of carbonyl (C=O) groups excluding carboxylic acids is 2. The molecule has 17 heavy (non-hydrogen) atoms. The van der Waals surface area contributed by atoms with Crippen molar-refractivity contribution in [1.82, 2.24) is 9.88 Å². The van der Waals surface area contributed by atoms with Gasteiger partial charge in [-0.15, -0.1) is 11.3 Å². The van der Waals surface area contributed by atoms with Gasteiger partial charge in [0.2, 0.25) is 11.8 Å². The molecule has 1 aromatic heterocycles. The molecule has 6 heteroatoms. The lowest BCUT2D eigenvalue weighted by molar-refractivity contribution is -0.128. The van der Waals surface area contributed by atoms with Gasteiger partial charge in [-0.2, -0.15) is 0 Å². The van der Waals surface area contributed by atoms with E-state index in [1.54, 1.807) is 16.5 Å². The molecule has 0 aliphatic carbocycles. The number of nitrogens with one attached hydrogen (secondary N) is 1. The zero-order chi connectivity index (χ0) is 12.3. The van der Waals surface area contributed by atoms with E-state index in [1.165, 1.54) is 11.3 Å². The van der Waals surface area contributed by atoms with Crippen molar-refractivity contribution in [3.05, 3.63) is 11.6 Å². The number of nitrogens with zero attached hydrogens (tertiary/aromatic N) is 2. The summed E-state index contributed by atoms with van der Waals surface area (Å²) < 4.78 is 0. The fourth-order valence-corrected chi connectivity index (χ4v) is 2.46. The second-order valence-electron chi connectivity index (χ2n) is 4.07. The molecular formula is C11H15N3O2S. The third-order valence-corrected chi connectivity index (χ3v) is 3.43. The molecule has 5 nitrogen and oxygen atoms in total. The van der Waals surface area contributed by atoms with Gasteiger partial charge in [0.25, 0.3) is 0 Å². The van der Waals surface area contributed by atoms with Crippen LogP contribution in [0.3, 0.4) is 0 Å². The minimum atomic E-state index is -0.238. The van der Waals surface area contributed by atoms with Crippen molar-refractivity contribution < 1.29 is 9.59 Å². The molecule has 1 aliphatic heterocycles. The summed E-state index contributed by atoms with van der Waals surface area (Å²) in [5.41, 5.74) is 0. The topological polar surface area (TPSA) is 62.3 Å². The van der Waals surface area contributed by atoms with Gasteiger partial charge < -0.3 is 10.2 Å². The zero-order valence-corrected chi connectivity index (χ0v) is 10.5. The molecule has 0 spiro atoms. The van der Waals surface area contributed by atoms with E-state index in [0.717, 1.165) is 13.0 Å². The molecule has 2 amide bonds. The van der Waals surface area contributed by atoms with Gasteiger partial charge in [-0.1, -0.05) is 6.92 Å². The van der Waals surface area contributed by atoms with Crippen molar-refractivity contribution >= 4 is 28.3 Å². The number of amides is 2. The highest BCUT2D eigenvalue weighted by atomic mass is 32.1. The Hall–Kier alpha value is -1.43. The van der Waals surface area contributed by atoms with Crippen molar-refractivity contribution in [1.29, 1.82) is 0 Å². The number of rotatable bonds is 4. The molecule has 1 saturated heterocycles. The van der Waals surface area contributed by atoms with Crippen LogP contribution in [-0.2, 0) is 9.59 Å². The van der Waals surface area contributed by atoms with E-state index < -0.39 is 0 Å². The minimum Gasteiger partial charge on any atom is -0.342 e. The van der Waals surface area contributed by atoms with Crippen LogP contribution < -0.4 is 5.32 Å². The Balaban J connectivity index is 1.91. The molecule has 0 radical (unpaired) electrons. The van der Waals surface area contributed by atoms with Gasteiger partial charge in [-0.25, -0.2) is 4.98 Å². The Labute approximate surface area is 104 Å². The van der Waals surface area contributed by atoms with Crippen LogP contribution in [0.15, 0.2) is 11.6 Å². The first-order chi connectivity index (χ1) is 8.20. The smallest absolute Gasteiger partial charge is 0.231 e. The molecule has 1 fully saturated rings. The summed E-state index contributed by atoms with van der Waals surface area (Å²) in [6.07, 6.45) is 2.88. The Morgan fingerprint density at radius 2 is 2.53 bits per heavy atom. The fourth-order valence-electron chi connectivity index (χ4n) is 1.93. The number of hydrogen-bond donors (Lipinski definition) is 1. The predicted molar refractivity (Wildman–Crippen MR) is 65.7 cm³/mol. The van der Waals surface area contributed by atoms with E-state index in [-0.39, 0.29) is 17.7 Å². The number of likely N-dealkylation sites (tertiary alicyclic amines) is 1. The van der Waals surface area contributed by atoms with Crippen molar-refractivity contribution in [2.45, 2.75) is 19.8 Å². The van der Waals surface area contributed by atoms with Crippen molar-refractivity contribution in [3.8, 4) is 0 Å². The lowest BCUT2D eigenvalue weighted by Crippen LogP contribution is -2.28. The fraction of sp³-hybridized carbons (Fsp3) is 0.545. The van der Waals surface area contributed by atoms with Crippen LogP contribution in [0, 0.1) is 5.92 Å². The quantitative estimate of drug-likeness (QED) is 0.880. The lowest BCUT2D eigenvalue weighted by atomic mass is 10.1. The Morgan fingerprint density at radius 3 is 3.18 bits per heavy atom. The third-order valence-electron chi connectivity index (χ3n) is 2.74. The van der Waals surface area contributed by atoms with E-state index in [0.29, 0.717) is 18.1 Å². The average molecular weight is 253 g/mol. The summed E-state index contributed by atoms with van der Waals surface area (Å²) in [7, 11) is 0. The maximum atomic E-state index is 11.9. The van der Waals surface area contributed by atoms with E-state index in [9.17, 15) is 9.59 Å². The van der Waals surface area contributed by atoms with Gasteiger partial charge in [-0.3, -0.25) is 9.59 Å². The molecule has 0 saturated carbocycles. The molecule has 1 aromatic rings. The number of thiazole rings is 1. The number of carbonyl (C=O) groups is 2. The zero-order valence-electron chi connectivity index (χ0n) is 9.68. The molecule has 1 atom stereocenters. The highest BCUT2D eigenvalue weighted by Gasteiger charge is 2.33. The molecule has 1 N–H and O–H groups in total. The van der Waals surface area contributed by atoms with Gasteiger partial charge in [0, 0.05) is 31.1 Å². The highest BCUT2D eigenvalue weighted by Crippen LogP contribution is 2.20. The SMILES string of the molecule is CCCN1C[C@H](C(=O)Nc2nccs2)CC1=O. The second-order valence-corrected chi connectivity index (χ2v) is 4.96. The molecule has 0 aromatic carbocycles. The first-order valence-corrected chi connectivity index (χ1v) is 6.56.